The van der Waals surface area contributed by atoms with Crippen molar-refractivity contribution in [1.82, 2.24) is 10.2 Å². The van der Waals surface area contributed by atoms with Crippen LogP contribution in [0.3, 0.4) is 0 Å². The molecule has 4 atom stereocenters. The first-order valence-electron chi connectivity index (χ1n) is 11.5. The smallest absolute Gasteiger partial charge is 0.245 e. The van der Waals surface area contributed by atoms with Crippen LogP contribution in [0.15, 0.2) is 60.7 Å². The number of alkyl halides is 1. The number of rotatable bonds is 6. The summed E-state index contributed by atoms with van der Waals surface area (Å²) in [6.07, 6.45) is 3.61. The lowest BCUT2D eigenvalue weighted by molar-refractivity contribution is -0.137. The SMILES string of the molecule is CC1(C)CC2CC(C)(CN2C(=O)C(Cc2ccccc2)NC(=O)C(Cl)c2ccccc2)C1. The Kier molecular flexibility index (Phi) is 6.35. The van der Waals surface area contributed by atoms with Gasteiger partial charge in [-0.25, -0.2) is 0 Å². The van der Waals surface area contributed by atoms with Gasteiger partial charge in [-0.2, -0.15) is 0 Å². The Balaban J connectivity index is 1.55. The molecule has 2 aliphatic rings. The van der Waals surface area contributed by atoms with Gasteiger partial charge in [-0.05, 0) is 41.2 Å². The molecule has 170 valence electrons. The highest BCUT2D eigenvalue weighted by molar-refractivity contribution is 6.30. The van der Waals surface area contributed by atoms with E-state index in [2.05, 4.69) is 26.1 Å². The molecule has 4 nitrogen and oxygen atoms in total. The van der Waals surface area contributed by atoms with Gasteiger partial charge in [0.2, 0.25) is 11.8 Å². The van der Waals surface area contributed by atoms with E-state index in [4.69, 9.17) is 11.6 Å². The van der Waals surface area contributed by atoms with Gasteiger partial charge >= 0.3 is 0 Å². The molecular weight excluding hydrogens is 420 g/mol. The number of benzene rings is 2. The van der Waals surface area contributed by atoms with Crippen LogP contribution in [0.1, 0.15) is 56.5 Å². The monoisotopic (exact) mass is 452 g/mol. The maximum Gasteiger partial charge on any atom is 0.245 e. The molecule has 4 rings (SSSR count). The lowest BCUT2D eigenvalue weighted by atomic mass is 9.65. The van der Waals surface area contributed by atoms with E-state index < -0.39 is 11.4 Å². The number of carbonyl (C=O) groups is 2. The second-order valence-electron chi connectivity index (χ2n) is 10.7. The van der Waals surface area contributed by atoms with Gasteiger partial charge in [0, 0.05) is 19.0 Å². The normalized spacial score (nSPS) is 25.8. The first-order chi connectivity index (χ1) is 15.2. The summed E-state index contributed by atoms with van der Waals surface area (Å²) < 4.78 is 0. The Labute approximate surface area is 196 Å². The van der Waals surface area contributed by atoms with Crippen LogP contribution >= 0.6 is 11.6 Å². The van der Waals surface area contributed by atoms with E-state index in [0.717, 1.165) is 36.9 Å². The van der Waals surface area contributed by atoms with Crippen molar-refractivity contribution in [2.75, 3.05) is 6.54 Å². The molecule has 2 fully saturated rings. The Hall–Kier alpha value is -2.33. The summed E-state index contributed by atoms with van der Waals surface area (Å²) >= 11 is 6.48. The average Bonchev–Trinajstić information content (AvgIpc) is 3.02. The summed E-state index contributed by atoms with van der Waals surface area (Å²) in [6.45, 7) is 7.65. The van der Waals surface area contributed by atoms with Gasteiger partial charge in [0.05, 0.1) is 0 Å². The van der Waals surface area contributed by atoms with E-state index in [1.54, 1.807) is 0 Å². The number of hydrogen-bond donors (Lipinski definition) is 1. The average molecular weight is 453 g/mol. The largest absolute Gasteiger partial charge is 0.342 e. The quantitative estimate of drug-likeness (QED) is 0.618. The van der Waals surface area contributed by atoms with E-state index in [1.165, 1.54) is 0 Å². The second kappa shape index (κ2) is 8.90. The lowest BCUT2D eigenvalue weighted by Crippen LogP contribution is -2.52. The van der Waals surface area contributed by atoms with Crippen LogP contribution in [0.4, 0.5) is 0 Å². The number of halogens is 1. The first-order valence-corrected chi connectivity index (χ1v) is 11.9. The number of fused-ring (bicyclic) bond motifs is 2. The Bertz CT molecular complexity index is 962. The van der Waals surface area contributed by atoms with Crippen molar-refractivity contribution in [2.24, 2.45) is 10.8 Å². The summed E-state index contributed by atoms with van der Waals surface area (Å²) in [6, 6.07) is 18.7. The molecule has 2 bridgehead atoms. The van der Waals surface area contributed by atoms with Crippen LogP contribution in [0.5, 0.6) is 0 Å². The summed E-state index contributed by atoms with van der Waals surface area (Å²) in [5.74, 6) is -0.327. The number of amides is 2. The van der Waals surface area contributed by atoms with E-state index in [9.17, 15) is 9.59 Å². The third kappa shape index (κ3) is 5.01. The zero-order valence-corrected chi connectivity index (χ0v) is 19.9. The van der Waals surface area contributed by atoms with E-state index in [-0.39, 0.29) is 28.7 Å². The van der Waals surface area contributed by atoms with Crippen LogP contribution < -0.4 is 5.32 Å². The van der Waals surface area contributed by atoms with Crippen LogP contribution in [-0.4, -0.2) is 35.3 Å². The third-order valence-electron chi connectivity index (χ3n) is 6.92. The Morgan fingerprint density at radius 3 is 2.31 bits per heavy atom. The van der Waals surface area contributed by atoms with Gasteiger partial charge in [0.25, 0.3) is 0 Å². The lowest BCUT2D eigenvalue weighted by Gasteiger charge is -2.39. The molecule has 1 aliphatic heterocycles. The van der Waals surface area contributed by atoms with E-state index in [0.29, 0.717) is 6.42 Å². The number of carbonyl (C=O) groups excluding carboxylic acids is 2. The fourth-order valence-electron chi connectivity index (χ4n) is 5.99. The molecular formula is C27H33ClN2O2. The summed E-state index contributed by atoms with van der Waals surface area (Å²) in [7, 11) is 0. The first kappa shape index (κ1) is 22.8. The molecule has 1 saturated carbocycles. The molecule has 2 amide bonds. The highest BCUT2D eigenvalue weighted by Gasteiger charge is 2.51. The van der Waals surface area contributed by atoms with Gasteiger partial charge in [0.15, 0.2) is 0 Å². The van der Waals surface area contributed by atoms with Crippen molar-refractivity contribution < 1.29 is 9.59 Å². The molecule has 1 N–H and O–H groups in total. The topological polar surface area (TPSA) is 49.4 Å². The molecule has 1 aliphatic carbocycles. The van der Waals surface area contributed by atoms with Gasteiger partial charge < -0.3 is 10.2 Å². The van der Waals surface area contributed by atoms with Crippen molar-refractivity contribution in [3.05, 3.63) is 71.8 Å². The Morgan fingerprint density at radius 2 is 1.66 bits per heavy atom. The predicted octanol–water partition coefficient (Wildman–Crippen LogP) is 5.12. The fourth-order valence-corrected chi connectivity index (χ4v) is 6.19. The summed E-state index contributed by atoms with van der Waals surface area (Å²) in [4.78, 5) is 28.9. The van der Waals surface area contributed by atoms with E-state index in [1.807, 2.05) is 65.6 Å². The van der Waals surface area contributed by atoms with Gasteiger partial charge in [-0.3, -0.25) is 9.59 Å². The van der Waals surface area contributed by atoms with Gasteiger partial charge in [-0.15, -0.1) is 11.6 Å². The van der Waals surface area contributed by atoms with Crippen molar-refractivity contribution in [3.8, 4) is 0 Å². The molecule has 1 heterocycles. The van der Waals surface area contributed by atoms with Crippen molar-refractivity contribution in [3.63, 3.8) is 0 Å². The highest BCUT2D eigenvalue weighted by atomic mass is 35.5. The molecule has 1 saturated heterocycles. The predicted molar refractivity (Wildman–Crippen MR) is 128 cm³/mol. The number of hydrogen-bond acceptors (Lipinski definition) is 2. The van der Waals surface area contributed by atoms with E-state index >= 15 is 0 Å². The van der Waals surface area contributed by atoms with Crippen LogP contribution in [0.2, 0.25) is 0 Å². The molecule has 2 aromatic carbocycles. The molecule has 5 heteroatoms. The summed E-state index contributed by atoms with van der Waals surface area (Å²) in [5, 5.41) is 2.15. The van der Waals surface area contributed by atoms with Crippen LogP contribution in [0.25, 0.3) is 0 Å². The number of nitrogens with one attached hydrogen (secondary N) is 1. The molecule has 0 radical (unpaired) electrons. The Morgan fingerprint density at radius 1 is 1.03 bits per heavy atom. The zero-order chi connectivity index (χ0) is 22.9. The minimum absolute atomic E-state index is 0.00514. The molecule has 0 spiro atoms. The summed E-state index contributed by atoms with van der Waals surface area (Å²) in [5.41, 5.74) is 2.11. The maximum absolute atomic E-state index is 13.8. The molecule has 2 aromatic rings. The van der Waals surface area contributed by atoms with Crippen LogP contribution in [0, 0.1) is 10.8 Å². The minimum atomic E-state index is -0.837. The van der Waals surface area contributed by atoms with Crippen molar-refractivity contribution in [1.29, 1.82) is 0 Å². The minimum Gasteiger partial charge on any atom is -0.342 e. The number of likely N-dealkylation sites (tertiary alicyclic amines) is 1. The van der Waals surface area contributed by atoms with Gasteiger partial charge in [-0.1, -0.05) is 81.4 Å². The third-order valence-corrected chi connectivity index (χ3v) is 7.37. The standard InChI is InChI=1S/C27H33ClN2O2/c1-26(2)15-21-16-27(3,17-26)18-30(21)25(32)22(14-19-10-6-4-7-11-19)29-24(31)23(28)20-12-8-5-9-13-20/h4-13,21-23H,14-18H2,1-3H3,(H,29,31). The molecule has 4 unspecified atom stereocenters. The maximum atomic E-state index is 13.8. The zero-order valence-electron chi connectivity index (χ0n) is 19.2. The fraction of sp³-hybridized carbons (Fsp3) is 0.481. The molecule has 0 aromatic heterocycles. The van der Waals surface area contributed by atoms with Crippen molar-refractivity contribution >= 4 is 23.4 Å². The van der Waals surface area contributed by atoms with Crippen LogP contribution in [-0.2, 0) is 16.0 Å². The van der Waals surface area contributed by atoms with Crippen molar-refractivity contribution in [2.45, 2.75) is 63.9 Å². The second-order valence-corrected chi connectivity index (χ2v) is 11.1. The molecule has 32 heavy (non-hydrogen) atoms. The van der Waals surface area contributed by atoms with Gasteiger partial charge in [0.1, 0.15) is 11.4 Å². The highest BCUT2D eigenvalue weighted by Crippen LogP contribution is 2.52. The number of nitrogens with zero attached hydrogens (tertiary/aromatic N) is 1.